The summed E-state index contributed by atoms with van der Waals surface area (Å²) in [5, 5.41) is 12.5. The van der Waals surface area contributed by atoms with Gasteiger partial charge in [0.1, 0.15) is 11.9 Å². The summed E-state index contributed by atoms with van der Waals surface area (Å²) in [6.07, 6.45) is 1.12. The second kappa shape index (κ2) is 5.15. The maximum Gasteiger partial charge on any atom is 0.147 e. The molecule has 1 aliphatic rings. The van der Waals surface area contributed by atoms with E-state index in [-0.39, 0.29) is 0 Å². The highest BCUT2D eigenvalue weighted by Crippen LogP contribution is 2.22. The minimum absolute atomic E-state index is 0.460. The van der Waals surface area contributed by atoms with Crippen molar-refractivity contribution in [2.45, 2.75) is 26.3 Å². The maximum atomic E-state index is 9.16. The van der Waals surface area contributed by atoms with Crippen LogP contribution in [0.5, 0.6) is 0 Å². The van der Waals surface area contributed by atoms with Crippen LogP contribution >= 0.6 is 0 Å². The average molecular weight is 230 g/mol. The quantitative estimate of drug-likeness (QED) is 0.854. The highest BCUT2D eigenvalue weighted by atomic mass is 15.2. The molecule has 0 saturated carbocycles. The molecular formula is C13H18N4. The van der Waals surface area contributed by atoms with Gasteiger partial charge in [-0.05, 0) is 38.9 Å². The second-order valence-corrected chi connectivity index (χ2v) is 4.37. The van der Waals surface area contributed by atoms with Crippen LogP contribution in [0.1, 0.15) is 24.6 Å². The molecule has 1 aliphatic heterocycles. The van der Waals surface area contributed by atoms with Crippen LogP contribution in [0, 0.1) is 18.3 Å². The Balaban J connectivity index is 2.35. The Morgan fingerprint density at radius 1 is 1.59 bits per heavy atom. The fourth-order valence-corrected chi connectivity index (χ4v) is 2.34. The zero-order valence-electron chi connectivity index (χ0n) is 10.4. The van der Waals surface area contributed by atoms with Crippen molar-refractivity contribution in [1.82, 2.24) is 10.3 Å². The van der Waals surface area contributed by atoms with Crippen LogP contribution in [-0.2, 0) is 0 Å². The molecule has 0 bridgehead atoms. The summed E-state index contributed by atoms with van der Waals surface area (Å²) in [4.78, 5) is 6.78. The Hall–Kier alpha value is -1.60. The third-order valence-electron chi connectivity index (χ3n) is 3.22. The lowest BCUT2D eigenvalue weighted by molar-refractivity contribution is 0.639. The van der Waals surface area contributed by atoms with E-state index in [0.29, 0.717) is 11.6 Å². The Kier molecular flexibility index (Phi) is 3.60. The summed E-state index contributed by atoms with van der Waals surface area (Å²) in [6.45, 7) is 7.00. The van der Waals surface area contributed by atoms with Crippen LogP contribution < -0.4 is 10.2 Å². The number of likely N-dealkylation sites (N-methyl/N-ethyl adjacent to an activating group) is 1. The Morgan fingerprint density at radius 3 is 3.00 bits per heavy atom. The number of nitrogens with zero attached hydrogens (tertiary/aromatic N) is 3. The Labute approximate surface area is 102 Å². The molecule has 0 spiro atoms. The number of anilines is 1. The topological polar surface area (TPSA) is 52.0 Å². The lowest BCUT2D eigenvalue weighted by Gasteiger charge is -2.29. The summed E-state index contributed by atoms with van der Waals surface area (Å²) in [5.41, 5.74) is 1.63. The van der Waals surface area contributed by atoms with Gasteiger partial charge in [-0.3, -0.25) is 0 Å². The summed E-state index contributed by atoms with van der Waals surface area (Å²) in [7, 11) is 0. The smallest absolute Gasteiger partial charge is 0.147 e. The normalized spacial score (nSPS) is 19.0. The Bertz CT molecular complexity index is 430. The van der Waals surface area contributed by atoms with Crippen molar-refractivity contribution in [3.63, 3.8) is 0 Å². The first-order valence-electron chi connectivity index (χ1n) is 6.11. The molecule has 1 atom stereocenters. The van der Waals surface area contributed by atoms with E-state index in [1.165, 1.54) is 0 Å². The second-order valence-electron chi connectivity index (χ2n) is 4.37. The zero-order chi connectivity index (χ0) is 12.3. The summed E-state index contributed by atoms with van der Waals surface area (Å²) >= 11 is 0. The van der Waals surface area contributed by atoms with Crippen molar-refractivity contribution in [3.05, 3.63) is 23.4 Å². The number of aryl methyl sites for hydroxylation is 1. The van der Waals surface area contributed by atoms with Crippen LogP contribution in [-0.4, -0.2) is 30.7 Å². The van der Waals surface area contributed by atoms with Crippen molar-refractivity contribution < 1.29 is 0 Å². The predicted octanol–water partition coefficient (Wildman–Crippen LogP) is 1.45. The molecule has 4 nitrogen and oxygen atoms in total. The molecule has 4 heteroatoms. The molecule has 1 fully saturated rings. The lowest BCUT2D eigenvalue weighted by Crippen LogP contribution is -2.38. The summed E-state index contributed by atoms with van der Waals surface area (Å²) in [5.74, 6) is 0.837. The monoisotopic (exact) mass is 230 g/mol. The van der Waals surface area contributed by atoms with E-state index in [9.17, 15) is 0 Å². The molecule has 1 N–H and O–H groups in total. The summed E-state index contributed by atoms with van der Waals surface area (Å²) in [6, 6.07) is 6.45. The van der Waals surface area contributed by atoms with Crippen molar-refractivity contribution in [1.29, 1.82) is 5.26 Å². The molecule has 1 aromatic rings. The van der Waals surface area contributed by atoms with Gasteiger partial charge in [0.05, 0.1) is 5.56 Å². The number of aromatic nitrogens is 1. The number of hydrogen-bond acceptors (Lipinski definition) is 4. The minimum Gasteiger partial charge on any atom is -0.351 e. The largest absolute Gasteiger partial charge is 0.351 e. The van der Waals surface area contributed by atoms with Crippen molar-refractivity contribution >= 4 is 5.82 Å². The van der Waals surface area contributed by atoms with Gasteiger partial charge in [-0.15, -0.1) is 0 Å². The zero-order valence-corrected chi connectivity index (χ0v) is 10.4. The van der Waals surface area contributed by atoms with Gasteiger partial charge in [0, 0.05) is 24.8 Å². The molecular weight excluding hydrogens is 212 g/mol. The SMILES string of the molecule is CCN(c1nc(C)ccc1C#N)C1CCNC1. The first kappa shape index (κ1) is 11.9. The van der Waals surface area contributed by atoms with Gasteiger partial charge in [0.15, 0.2) is 0 Å². The highest BCUT2D eigenvalue weighted by molar-refractivity contribution is 5.55. The molecule has 1 saturated heterocycles. The third-order valence-corrected chi connectivity index (χ3v) is 3.22. The fourth-order valence-electron chi connectivity index (χ4n) is 2.34. The van der Waals surface area contributed by atoms with Gasteiger partial charge < -0.3 is 10.2 Å². The van der Waals surface area contributed by atoms with Crippen LogP contribution in [0.25, 0.3) is 0 Å². The molecule has 0 amide bonds. The highest BCUT2D eigenvalue weighted by Gasteiger charge is 2.24. The number of rotatable bonds is 3. The van der Waals surface area contributed by atoms with Crippen molar-refractivity contribution in [2.24, 2.45) is 0 Å². The number of hydrogen-bond donors (Lipinski definition) is 1. The van der Waals surface area contributed by atoms with E-state index in [0.717, 1.165) is 37.6 Å². The maximum absolute atomic E-state index is 9.16. The van der Waals surface area contributed by atoms with Crippen LogP contribution in [0.2, 0.25) is 0 Å². The first-order chi connectivity index (χ1) is 8.26. The van der Waals surface area contributed by atoms with Gasteiger partial charge in [-0.25, -0.2) is 4.98 Å². The molecule has 90 valence electrons. The molecule has 2 rings (SSSR count). The summed E-state index contributed by atoms with van der Waals surface area (Å²) < 4.78 is 0. The first-order valence-corrected chi connectivity index (χ1v) is 6.11. The van der Waals surface area contributed by atoms with E-state index < -0.39 is 0 Å². The van der Waals surface area contributed by atoms with Gasteiger partial charge in [0.25, 0.3) is 0 Å². The molecule has 0 radical (unpaired) electrons. The number of nitriles is 1. The average Bonchev–Trinajstić information content (AvgIpc) is 2.84. The van der Waals surface area contributed by atoms with E-state index in [1.807, 2.05) is 19.1 Å². The van der Waals surface area contributed by atoms with Crippen molar-refractivity contribution in [3.8, 4) is 6.07 Å². The molecule has 0 aliphatic carbocycles. The fraction of sp³-hybridized carbons (Fsp3) is 0.538. The molecule has 17 heavy (non-hydrogen) atoms. The minimum atomic E-state index is 0.460. The molecule has 1 aromatic heterocycles. The van der Waals surface area contributed by atoms with Crippen LogP contribution in [0.3, 0.4) is 0 Å². The van der Waals surface area contributed by atoms with Crippen LogP contribution in [0.15, 0.2) is 12.1 Å². The van der Waals surface area contributed by atoms with E-state index in [1.54, 1.807) is 0 Å². The number of nitrogens with one attached hydrogen (secondary N) is 1. The molecule has 2 heterocycles. The van der Waals surface area contributed by atoms with Crippen LogP contribution in [0.4, 0.5) is 5.82 Å². The van der Waals surface area contributed by atoms with Crippen molar-refractivity contribution in [2.75, 3.05) is 24.5 Å². The van der Waals surface area contributed by atoms with Gasteiger partial charge >= 0.3 is 0 Å². The van der Waals surface area contributed by atoms with Gasteiger partial charge in [0.2, 0.25) is 0 Å². The third kappa shape index (κ3) is 2.40. The van der Waals surface area contributed by atoms with E-state index in [4.69, 9.17) is 5.26 Å². The molecule has 0 aromatic carbocycles. The van der Waals surface area contributed by atoms with Gasteiger partial charge in [-0.1, -0.05) is 0 Å². The number of pyridine rings is 1. The predicted molar refractivity (Wildman–Crippen MR) is 68.0 cm³/mol. The van der Waals surface area contributed by atoms with Gasteiger partial charge in [-0.2, -0.15) is 5.26 Å². The van der Waals surface area contributed by atoms with E-state index in [2.05, 4.69) is 28.2 Å². The Morgan fingerprint density at radius 2 is 2.41 bits per heavy atom. The van der Waals surface area contributed by atoms with E-state index >= 15 is 0 Å². The molecule has 1 unspecified atom stereocenters. The standard InChI is InChI=1S/C13H18N4/c1-3-17(12-6-7-15-9-12)13-11(8-14)5-4-10(2)16-13/h4-5,12,15H,3,6-7,9H2,1-2H3. The lowest BCUT2D eigenvalue weighted by atomic mass is 10.1.